The average Bonchev–Trinajstić information content (AvgIpc) is 2.33. The molecular weight excluding hydrogens is 168 g/mol. The SMILES string of the molecule is [CH2]Cc1ccccc1.c1ccccc1. The molecule has 1 radical (unpaired) electrons. The molecule has 0 amide bonds. The molecule has 0 aromatic heterocycles. The minimum Gasteiger partial charge on any atom is -0.0623 e. The summed E-state index contributed by atoms with van der Waals surface area (Å²) in [6.45, 7) is 3.76. The molecule has 0 saturated carbocycles. The van der Waals surface area contributed by atoms with Crippen LogP contribution in [0, 0.1) is 6.92 Å². The molecule has 0 nitrogen and oxygen atoms in total. The molecule has 0 heteroatoms. The second-order valence-corrected chi connectivity index (χ2v) is 2.89. The zero-order valence-electron chi connectivity index (χ0n) is 8.27. The Morgan fingerprint density at radius 3 is 1.29 bits per heavy atom. The Bertz CT molecular complexity index is 284. The average molecular weight is 183 g/mol. The van der Waals surface area contributed by atoms with Crippen LogP contribution in [0.5, 0.6) is 0 Å². The van der Waals surface area contributed by atoms with Crippen molar-refractivity contribution in [1.29, 1.82) is 0 Å². The van der Waals surface area contributed by atoms with Crippen LogP contribution in [-0.4, -0.2) is 0 Å². The first kappa shape index (κ1) is 10.5. The molecular formula is C14H15. The van der Waals surface area contributed by atoms with Crippen LogP contribution < -0.4 is 0 Å². The van der Waals surface area contributed by atoms with Crippen LogP contribution in [0.2, 0.25) is 0 Å². The summed E-state index contributed by atoms with van der Waals surface area (Å²) in [6.07, 6.45) is 0.890. The first-order valence-electron chi connectivity index (χ1n) is 4.76. The molecule has 0 heterocycles. The summed E-state index contributed by atoms with van der Waals surface area (Å²) in [5, 5.41) is 0. The Morgan fingerprint density at radius 2 is 1.00 bits per heavy atom. The number of rotatable bonds is 1. The Hall–Kier alpha value is -1.56. The number of hydrogen-bond donors (Lipinski definition) is 0. The molecule has 0 N–H and O–H groups in total. The maximum absolute atomic E-state index is 3.76. The van der Waals surface area contributed by atoms with E-state index in [1.807, 2.05) is 54.6 Å². The van der Waals surface area contributed by atoms with Crippen molar-refractivity contribution in [2.75, 3.05) is 0 Å². The Balaban J connectivity index is 0.000000146. The van der Waals surface area contributed by atoms with Crippen molar-refractivity contribution in [1.82, 2.24) is 0 Å². The van der Waals surface area contributed by atoms with Gasteiger partial charge in [0, 0.05) is 0 Å². The van der Waals surface area contributed by atoms with E-state index in [9.17, 15) is 0 Å². The van der Waals surface area contributed by atoms with E-state index in [2.05, 4.69) is 19.1 Å². The predicted molar refractivity (Wildman–Crippen MR) is 61.9 cm³/mol. The van der Waals surface area contributed by atoms with Crippen LogP contribution in [0.15, 0.2) is 66.7 Å². The van der Waals surface area contributed by atoms with E-state index in [4.69, 9.17) is 0 Å². The highest BCUT2D eigenvalue weighted by Crippen LogP contribution is 1.96. The van der Waals surface area contributed by atoms with Crippen molar-refractivity contribution < 1.29 is 0 Å². The summed E-state index contributed by atoms with van der Waals surface area (Å²) in [5.41, 5.74) is 1.30. The smallest absolute Gasteiger partial charge is 0.0279 e. The third-order valence-electron chi connectivity index (χ3n) is 1.80. The van der Waals surface area contributed by atoms with E-state index >= 15 is 0 Å². The topological polar surface area (TPSA) is 0 Å². The fraction of sp³-hybridized carbons (Fsp3) is 0.0714. The lowest BCUT2D eigenvalue weighted by atomic mass is 10.2. The minimum absolute atomic E-state index is 0.890. The Morgan fingerprint density at radius 1 is 0.643 bits per heavy atom. The van der Waals surface area contributed by atoms with E-state index < -0.39 is 0 Å². The van der Waals surface area contributed by atoms with Gasteiger partial charge in [0.15, 0.2) is 0 Å². The first-order valence-corrected chi connectivity index (χ1v) is 4.76. The van der Waals surface area contributed by atoms with E-state index in [-0.39, 0.29) is 0 Å². The zero-order valence-corrected chi connectivity index (χ0v) is 8.27. The second-order valence-electron chi connectivity index (χ2n) is 2.89. The van der Waals surface area contributed by atoms with Gasteiger partial charge in [0.25, 0.3) is 0 Å². The first-order chi connectivity index (χ1) is 6.93. The summed E-state index contributed by atoms with van der Waals surface area (Å²) in [4.78, 5) is 0. The molecule has 0 atom stereocenters. The van der Waals surface area contributed by atoms with E-state index in [0.717, 1.165) is 6.42 Å². The van der Waals surface area contributed by atoms with Crippen LogP contribution in [0.4, 0.5) is 0 Å². The third-order valence-corrected chi connectivity index (χ3v) is 1.80. The Kier molecular flexibility index (Phi) is 5.19. The molecule has 0 unspecified atom stereocenters. The highest BCUT2D eigenvalue weighted by Gasteiger charge is 1.80. The molecule has 2 rings (SSSR count). The van der Waals surface area contributed by atoms with Crippen LogP contribution in [0.3, 0.4) is 0 Å². The van der Waals surface area contributed by atoms with Crippen LogP contribution >= 0.6 is 0 Å². The number of benzene rings is 2. The zero-order chi connectivity index (χ0) is 10.1. The van der Waals surface area contributed by atoms with Gasteiger partial charge in [-0.1, -0.05) is 66.7 Å². The lowest BCUT2D eigenvalue weighted by Crippen LogP contribution is -1.74. The van der Waals surface area contributed by atoms with Crippen LogP contribution in [0.25, 0.3) is 0 Å². The lowest BCUT2D eigenvalue weighted by molar-refractivity contribution is 1.27. The summed E-state index contributed by atoms with van der Waals surface area (Å²) in [7, 11) is 0. The summed E-state index contributed by atoms with van der Waals surface area (Å²) >= 11 is 0. The van der Waals surface area contributed by atoms with E-state index in [1.165, 1.54) is 5.56 Å². The summed E-state index contributed by atoms with van der Waals surface area (Å²) in [6, 6.07) is 22.2. The van der Waals surface area contributed by atoms with Crippen molar-refractivity contribution in [2.45, 2.75) is 6.42 Å². The van der Waals surface area contributed by atoms with Crippen molar-refractivity contribution in [2.24, 2.45) is 0 Å². The molecule has 0 aliphatic rings. The summed E-state index contributed by atoms with van der Waals surface area (Å²) < 4.78 is 0. The molecule has 0 fully saturated rings. The van der Waals surface area contributed by atoms with Gasteiger partial charge in [-0.05, 0) is 18.9 Å². The molecule has 0 aliphatic carbocycles. The highest BCUT2D eigenvalue weighted by molar-refractivity contribution is 5.14. The molecule has 0 bridgehead atoms. The maximum atomic E-state index is 3.76. The van der Waals surface area contributed by atoms with Gasteiger partial charge in [-0.3, -0.25) is 0 Å². The third kappa shape index (κ3) is 4.46. The van der Waals surface area contributed by atoms with Gasteiger partial charge in [-0.15, -0.1) is 0 Å². The van der Waals surface area contributed by atoms with E-state index in [1.54, 1.807) is 0 Å². The second kappa shape index (κ2) is 6.90. The van der Waals surface area contributed by atoms with E-state index in [0.29, 0.717) is 0 Å². The fourth-order valence-corrected chi connectivity index (χ4v) is 1.03. The van der Waals surface area contributed by atoms with Crippen LogP contribution in [-0.2, 0) is 6.42 Å². The van der Waals surface area contributed by atoms with Crippen molar-refractivity contribution in [3.63, 3.8) is 0 Å². The predicted octanol–water partition coefficient (Wildman–Crippen LogP) is 3.75. The molecule has 0 spiro atoms. The van der Waals surface area contributed by atoms with Gasteiger partial charge >= 0.3 is 0 Å². The van der Waals surface area contributed by atoms with Gasteiger partial charge in [0.1, 0.15) is 0 Å². The molecule has 14 heavy (non-hydrogen) atoms. The molecule has 0 aliphatic heterocycles. The number of hydrogen-bond acceptors (Lipinski definition) is 0. The minimum atomic E-state index is 0.890. The lowest BCUT2D eigenvalue weighted by Gasteiger charge is -1.89. The molecule has 2 aromatic rings. The van der Waals surface area contributed by atoms with Gasteiger partial charge in [-0.25, -0.2) is 0 Å². The monoisotopic (exact) mass is 183 g/mol. The fourth-order valence-electron chi connectivity index (χ4n) is 1.03. The van der Waals surface area contributed by atoms with Gasteiger partial charge in [0.05, 0.1) is 0 Å². The van der Waals surface area contributed by atoms with Gasteiger partial charge < -0.3 is 0 Å². The van der Waals surface area contributed by atoms with Gasteiger partial charge in [0.2, 0.25) is 0 Å². The maximum Gasteiger partial charge on any atom is -0.0279 e. The largest absolute Gasteiger partial charge is 0.0623 e. The highest BCUT2D eigenvalue weighted by atomic mass is 13.9. The van der Waals surface area contributed by atoms with Crippen LogP contribution in [0.1, 0.15) is 5.56 Å². The quantitative estimate of drug-likeness (QED) is 0.631. The Labute approximate surface area is 86.2 Å². The van der Waals surface area contributed by atoms with Crippen molar-refractivity contribution >= 4 is 0 Å². The normalized spacial score (nSPS) is 8.64. The van der Waals surface area contributed by atoms with Gasteiger partial charge in [-0.2, -0.15) is 0 Å². The standard InChI is InChI=1S/C8H9.C6H6/c1-2-8-6-4-3-5-7-8;1-2-4-6-5-3-1/h3-7H,1-2H2;1-6H. The molecule has 0 saturated heterocycles. The summed E-state index contributed by atoms with van der Waals surface area (Å²) in [5.74, 6) is 0. The van der Waals surface area contributed by atoms with Crippen molar-refractivity contribution in [3.8, 4) is 0 Å². The molecule has 71 valence electrons. The molecule has 2 aromatic carbocycles. The van der Waals surface area contributed by atoms with Crippen molar-refractivity contribution in [3.05, 3.63) is 79.2 Å².